The Bertz CT molecular complexity index is 1700. The molecule has 7 nitrogen and oxygen atoms in total. The van der Waals surface area contributed by atoms with Crippen LogP contribution in [-0.2, 0) is 32.6 Å². The zero-order valence-electron chi connectivity index (χ0n) is 24.2. The van der Waals surface area contributed by atoms with E-state index in [1.165, 1.54) is 35.2 Å². The molecule has 0 aliphatic rings. The summed E-state index contributed by atoms with van der Waals surface area (Å²) in [6, 6.07) is 27.0. The van der Waals surface area contributed by atoms with Crippen LogP contribution < -0.4 is 9.62 Å². The summed E-state index contributed by atoms with van der Waals surface area (Å²) in [7, 11) is -4.27. The molecular weight excluding hydrogens is 641 g/mol. The van der Waals surface area contributed by atoms with Gasteiger partial charge in [0.1, 0.15) is 12.6 Å². The Morgan fingerprint density at radius 3 is 1.98 bits per heavy atom. The number of halogens is 3. The summed E-state index contributed by atoms with van der Waals surface area (Å²) >= 11 is 18.6. The van der Waals surface area contributed by atoms with Crippen LogP contribution in [0.5, 0.6) is 0 Å². The lowest BCUT2D eigenvalue weighted by Crippen LogP contribution is -2.54. The predicted molar refractivity (Wildman–Crippen MR) is 177 cm³/mol. The van der Waals surface area contributed by atoms with Gasteiger partial charge in [-0.15, -0.1) is 0 Å². The molecule has 0 radical (unpaired) electrons. The van der Waals surface area contributed by atoms with Gasteiger partial charge in [-0.2, -0.15) is 0 Å². The molecule has 0 fully saturated rings. The van der Waals surface area contributed by atoms with Crippen molar-refractivity contribution in [3.8, 4) is 0 Å². The van der Waals surface area contributed by atoms with E-state index in [1.807, 2.05) is 44.2 Å². The summed E-state index contributed by atoms with van der Waals surface area (Å²) < 4.78 is 29.1. The average molecular weight is 673 g/mol. The van der Waals surface area contributed by atoms with Crippen molar-refractivity contribution in [3.05, 3.63) is 129 Å². The molecule has 4 aromatic rings. The van der Waals surface area contributed by atoms with Crippen LogP contribution in [0, 0.1) is 0 Å². The molecule has 0 aromatic heterocycles. The van der Waals surface area contributed by atoms with Crippen LogP contribution in [0.25, 0.3) is 0 Å². The molecule has 0 saturated carbocycles. The Morgan fingerprint density at radius 2 is 1.36 bits per heavy atom. The van der Waals surface area contributed by atoms with Gasteiger partial charge in [0.2, 0.25) is 11.8 Å². The molecule has 4 rings (SSSR count). The first-order valence-electron chi connectivity index (χ1n) is 13.9. The smallest absolute Gasteiger partial charge is 0.264 e. The lowest BCUT2D eigenvalue weighted by Gasteiger charge is -2.34. The normalized spacial score (nSPS) is 12.0. The van der Waals surface area contributed by atoms with E-state index < -0.39 is 28.5 Å². The summed E-state index contributed by atoms with van der Waals surface area (Å²) in [5, 5.41) is 4.05. The lowest BCUT2D eigenvalue weighted by molar-refractivity contribution is -0.140. The first-order chi connectivity index (χ1) is 20.9. The number of nitrogens with zero attached hydrogens (tertiary/aromatic N) is 2. The predicted octanol–water partition coefficient (Wildman–Crippen LogP) is 7.01. The maximum Gasteiger partial charge on any atom is 0.264 e. The highest BCUT2D eigenvalue weighted by molar-refractivity contribution is 7.92. The Hall–Kier alpha value is -3.56. The second-order valence-electron chi connectivity index (χ2n) is 10.5. The summed E-state index contributed by atoms with van der Waals surface area (Å²) in [6.45, 7) is 3.07. The SMILES string of the molecule is CC(C)NC(=O)C(Cc1ccccc1)N(Cc1cccc(Cl)c1)C(=O)CN(c1cccc(Cl)c1)S(=O)(=O)c1ccc(Cl)cc1. The van der Waals surface area contributed by atoms with Gasteiger partial charge in [-0.3, -0.25) is 13.9 Å². The largest absolute Gasteiger partial charge is 0.352 e. The number of nitrogens with one attached hydrogen (secondary N) is 1. The van der Waals surface area contributed by atoms with Crippen LogP contribution in [0.2, 0.25) is 15.1 Å². The van der Waals surface area contributed by atoms with E-state index in [0.717, 1.165) is 9.87 Å². The van der Waals surface area contributed by atoms with Crippen LogP contribution in [-0.4, -0.2) is 43.8 Å². The fraction of sp³-hybridized carbons (Fsp3) is 0.212. The first-order valence-corrected chi connectivity index (χ1v) is 16.4. The van der Waals surface area contributed by atoms with Crippen molar-refractivity contribution in [2.75, 3.05) is 10.8 Å². The van der Waals surface area contributed by atoms with Crippen molar-refractivity contribution in [1.82, 2.24) is 10.2 Å². The maximum absolute atomic E-state index is 14.4. The Morgan fingerprint density at radius 1 is 0.750 bits per heavy atom. The van der Waals surface area contributed by atoms with E-state index in [0.29, 0.717) is 20.6 Å². The number of sulfonamides is 1. The fourth-order valence-corrected chi connectivity index (χ4v) is 6.59. The molecule has 0 heterocycles. The molecule has 4 aromatic carbocycles. The van der Waals surface area contributed by atoms with Crippen LogP contribution in [0.15, 0.2) is 108 Å². The highest BCUT2D eigenvalue weighted by atomic mass is 35.5. The molecule has 1 unspecified atom stereocenters. The Balaban J connectivity index is 1.81. The van der Waals surface area contributed by atoms with Crippen LogP contribution in [0.1, 0.15) is 25.0 Å². The highest BCUT2D eigenvalue weighted by Gasteiger charge is 2.35. The van der Waals surface area contributed by atoms with Gasteiger partial charge in [-0.1, -0.05) is 83.3 Å². The van der Waals surface area contributed by atoms with E-state index >= 15 is 0 Å². The van der Waals surface area contributed by atoms with E-state index in [-0.39, 0.29) is 35.5 Å². The third-order valence-electron chi connectivity index (χ3n) is 6.72. The van der Waals surface area contributed by atoms with Gasteiger partial charge < -0.3 is 10.2 Å². The molecule has 1 atom stereocenters. The number of hydrogen-bond donors (Lipinski definition) is 1. The summed E-state index contributed by atoms with van der Waals surface area (Å²) in [6.07, 6.45) is 0.201. The van der Waals surface area contributed by atoms with Crippen LogP contribution in [0.3, 0.4) is 0 Å². The van der Waals surface area contributed by atoms with Crippen molar-refractivity contribution in [2.24, 2.45) is 0 Å². The van der Waals surface area contributed by atoms with Crippen molar-refractivity contribution in [1.29, 1.82) is 0 Å². The molecule has 0 spiro atoms. The van der Waals surface area contributed by atoms with Crippen LogP contribution in [0.4, 0.5) is 5.69 Å². The van der Waals surface area contributed by atoms with Crippen molar-refractivity contribution in [2.45, 2.75) is 43.8 Å². The van der Waals surface area contributed by atoms with E-state index in [1.54, 1.807) is 42.5 Å². The number of benzene rings is 4. The Labute approximate surface area is 273 Å². The van der Waals surface area contributed by atoms with Gasteiger partial charge in [0.25, 0.3) is 10.0 Å². The zero-order chi connectivity index (χ0) is 31.9. The fourth-order valence-electron chi connectivity index (χ4n) is 4.66. The minimum Gasteiger partial charge on any atom is -0.352 e. The lowest BCUT2D eigenvalue weighted by atomic mass is 10.0. The third kappa shape index (κ3) is 8.76. The van der Waals surface area contributed by atoms with Gasteiger partial charge in [-0.25, -0.2) is 8.42 Å². The number of carbonyl (C=O) groups excluding carboxylic acids is 2. The molecule has 44 heavy (non-hydrogen) atoms. The molecule has 0 saturated heterocycles. The van der Waals surface area contributed by atoms with E-state index in [9.17, 15) is 18.0 Å². The van der Waals surface area contributed by atoms with E-state index in [4.69, 9.17) is 34.8 Å². The molecule has 2 amide bonds. The second-order valence-corrected chi connectivity index (χ2v) is 13.6. The first kappa shape index (κ1) is 33.3. The van der Waals surface area contributed by atoms with Gasteiger partial charge >= 0.3 is 0 Å². The third-order valence-corrected chi connectivity index (χ3v) is 9.23. The van der Waals surface area contributed by atoms with Crippen molar-refractivity contribution >= 4 is 62.3 Å². The number of carbonyl (C=O) groups is 2. The second kappa shape index (κ2) is 14.9. The van der Waals surface area contributed by atoms with Crippen molar-refractivity contribution < 1.29 is 18.0 Å². The molecule has 11 heteroatoms. The van der Waals surface area contributed by atoms with Crippen molar-refractivity contribution in [3.63, 3.8) is 0 Å². The highest BCUT2D eigenvalue weighted by Crippen LogP contribution is 2.28. The Kier molecular flexibility index (Phi) is 11.3. The summed E-state index contributed by atoms with van der Waals surface area (Å²) in [4.78, 5) is 29.5. The molecule has 0 aliphatic heterocycles. The van der Waals surface area contributed by atoms with E-state index in [2.05, 4.69) is 5.32 Å². The summed E-state index contributed by atoms with van der Waals surface area (Å²) in [5.74, 6) is -0.962. The minimum absolute atomic E-state index is 0.00673. The summed E-state index contributed by atoms with van der Waals surface area (Å²) in [5.41, 5.74) is 1.70. The molecular formula is C33H32Cl3N3O4S. The monoisotopic (exact) mass is 671 g/mol. The van der Waals surface area contributed by atoms with Crippen LogP contribution >= 0.6 is 34.8 Å². The molecule has 230 valence electrons. The minimum atomic E-state index is -4.27. The molecule has 1 N–H and O–H groups in total. The van der Waals surface area contributed by atoms with Gasteiger partial charge in [0.15, 0.2) is 0 Å². The number of amides is 2. The van der Waals surface area contributed by atoms with Gasteiger partial charge in [0, 0.05) is 34.1 Å². The number of anilines is 1. The zero-order valence-corrected chi connectivity index (χ0v) is 27.2. The number of hydrogen-bond acceptors (Lipinski definition) is 4. The maximum atomic E-state index is 14.4. The topological polar surface area (TPSA) is 86.8 Å². The quantitative estimate of drug-likeness (QED) is 0.176. The number of rotatable bonds is 12. The molecule has 0 aliphatic carbocycles. The van der Waals surface area contributed by atoms with Gasteiger partial charge in [-0.05, 0) is 79.6 Å². The standard InChI is InChI=1S/C33H32Cl3N3O4S/c1-23(2)37-33(41)31(19-24-8-4-3-5-9-24)38(21-25-10-6-11-27(35)18-25)32(40)22-39(29-13-7-12-28(36)20-29)44(42,43)30-16-14-26(34)15-17-30/h3-18,20,23,31H,19,21-22H2,1-2H3,(H,37,41). The molecule has 0 bridgehead atoms. The van der Waals surface area contributed by atoms with Gasteiger partial charge in [0.05, 0.1) is 10.6 Å². The average Bonchev–Trinajstić information content (AvgIpc) is 2.98.